The minimum absolute atomic E-state index is 0.180. The Morgan fingerprint density at radius 2 is 1.75 bits per heavy atom. The zero-order valence-corrected chi connectivity index (χ0v) is 22.0. The van der Waals surface area contributed by atoms with Gasteiger partial charge in [-0.2, -0.15) is 0 Å². The number of aromatic amines is 2. The number of nitrogens with zero attached hydrogens (tertiary/aromatic N) is 6. The van der Waals surface area contributed by atoms with Crippen molar-refractivity contribution in [1.82, 2.24) is 39.7 Å². The Morgan fingerprint density at radius 3 is 2.45 bits per heavy atom. The van der Waals surface area contributed by atoms with Crippen LogP contribution in [0.1, 0.15) is 49.4 Å². The molecule has 0 amide bonds. The topological polar surface area (TPSA) is 153 Å². The highest BCUT2D eigenvalue weighted by molar-refractivity contribution is 5.80. The van der Waals surface area contributed by atoms with Crippen LogP contribution in [-0.4, -0.2) is 52.8 Å². The molecule has 5 aromatic rings. The average Bonchev–Trinajstić information content (AvgIpc) is 3.65. The third-order valence-electron chi connectivity index (χ3n) is 7.53. The number of hydrogen-bond acceptors (Lipinski definition) is 8. The summed E-state index contributed by atoms with van der Waals surface area (Å²) in [7, 11) is 1.22. The smallest absolute Gasteiger partial charge is 0.330 e. The number of carbonyl (C=O) groups excluding carboxylic acids is 1. The van der Waals surface area contributed by atoms with E-state index in [-0.39, 0.29) is 17.1 Å². The number of H-pyrrole nitrogens is 2. The predicted molar refractivity (Wildman–Crippen MR) is 147 cm³/mol. The van der Waals surface area contributed by atoms with Gasteiger partial charge in [-0.05, 0) is 40.0 Å². The van der Waals surface area contributed by atoms with E-state index in [2.05, 4.69) is 25.6 Å². The molecule has 0 aliphatic heterocycles. The largest absolute Gasteiger partial charge is 0.468 e. The lowest BCUT2D eigenvalue weighted by Crippen LogP contribution is -2.38. The van der Waals surface area contributed by atoms with Gasteiger partial charge in [0.05, 0.1) is 7.11 Å². The van der Waals surface area contributed by atoms with E-state index in [0.29, 0.717) is 12.4 Å². The first-order valence-electron chi connectivity index (χ1n) is 13.3. The maximum absolute atomic E-state index is 13.6. The van der Waals surface area contributed by atoms with E-state index in [1.807, 2.05) is 53.1 Å². The number of ether oxygens (including phenoxy) is 1. The van der Waals surface area contributed by atoms with Crippen LogP contribution in [0.4, 0.5) is 0 Å². The third-order valence-corrected chi connectivity index (χ3v) is 7.53. The predicted octanol–water partition coefficient (Wildman–Crippen LogP) is 3.00. The van der Waals surface area contributed by atoms with E-state index < -0.39 is 23.8 Å². The number of aromatic nitrogens is 8. The molecule has 12 nitrogen and oxygen atoms in total. The standard InChI is InChI=1S/C28H28N8O4/c1-40-22(37)16-36-27(38)23-25(30-28(36)39)29-26(19-7-3-2-4-8-19)35(23)15-17-11-13-18(14-12-17)20-9-5-6-10-21(20)24-31-33-34-32-24/h5-6,9-14,19H,2-4,7-8,15-16H2,1H3,(H,30,39)(H,31,32,33,34). The fourth-order valence-corrected chi connectivity index (χ4v) is 5.52. The lowest BCUT2D eigenvalue weighted by molar-refractivity contribution is -0.141. The lowest BCUT2D eigenvalue weighted by Gasteiger charge is -2.22. The molecule has 2 aromatic carbocycles. The van der Waals surface area contributed by atoms with Gasteiger partial charge >= 0.3 is 11.7 Å². The second-order valence-corrected chi connectivity index (χ2v) is 9.98. The van der Waals surface area contributed by atoms with Gasteiger partial charge < -0.3 is 9.30 Å². The Hall–Kier alpha value is -4.87. The monoisotopic (exact) mass is 540 g/mol. The summed E-state index contributed by atoms with van der Waals surface area (Å²) in [4.78, 5) is 45.6. The molecule has 40 heavy (non-hydrogen) atoms. The van der Waals surface area contributed by atoms with Gasteiger partial charge in [0.15, 0.2) is 17.0 Å². The fraction of sp³-hybridized carbons (Fsp3) is 0.321. The van der Waals surface area contributed by atoms with Gasteiger partial charge in [-0.15, -0.1) is 5.10 Å². The van der Waals surface area contributed by atoms with Crippen LogP contribution in [-0.2, 0) is 22.6 Å². The highest BCUT2D eigenvalue weighted by atomic mass is 16.5. The van der Waals surface area contributed by atoms with Gasteiger partial charge in [-0.25, -0.2) is 19.4 Å². The first kappa shape index (κ1) is 25.4. The van der Waals surface area contributed by atoms with Crippen molar-refractivity contribution in [3.8, 4) is 22.5 Å². The van der Waals surface area contributed by atoms with E-state index in [1.165, 1.54) is 13.5 Å². The summed E-state index contributed by atoms with van der Waals surface area (Å²) in [6, 6.07) is 15.9. The van der Waals surface area contributed by atoms with Crippen LogP contribution in [0.25, 0.3) is 33.7 Å². The third kappa shape index (κ3) is 4.72. The van der Waals surface area contributed by atoms with Crippen molar-refractivity contribution >= 4 is 17.1 Å². The Bertz CT molecular complexity index is 1780. The number of methoxy groups -OCH3 is 1. The summed E-state index contributed by atoms with van der Waals surface area (Å²) >= 11 is 0. The first-order valence-corrected chi connectivity index (χ1v) is 13.3. The minimum Gasteiger partial charge on any atom is -0.468 e. The number of carbonyl (C=O) groups is 1. The van der Waals surface area contributed by atoms with E-state index in [1.54, 1.807) is 0 Å². The van der Waals surface area contributed by atoms with Crippen molar-refractivity contribution in [2.45, 2.75) is 51.1 Å². The Morgan fingerprint density at radius 1 is 1.00 bits per heavy atom. The molecule has 1 aliphatic carbocycles. The number of rotatable bonds is 7. The van der Waals surface area contributed by atoms with E-state index in [4.69, 9.17) is 9.72 Å². The Kier molecular flexibility index (Phi) is 6.81. The van der Waals surface area contributed by atoms with Crippen molar-refractivity contribution < 1.29 is 9.53 Å². The van der Waals surface area contributed by atoms with Gasteiger partial charge in [0, 0.05) is 18.0 Å². The van der Waals surface area contributed by atoms with Crippen LogP contribution in [0.3, 0.4) is 0 Å². The Balaban J connectivity index is 1.41. The molecule has 3 heterocycles. The van der Waals surface area contributed by atoms with Gasteiger partial charge in [0.2, 0.25) is 0 Å². The van der Waals surface area contributed by atoms with E-state index >= 15 is 0 Å². The highest BCUT2D eigenvalue weighted by Gasteiger charge is 2.26. The summed E-state index contributed by atoms with van der Waals surface area (Å²) in [6.07, 6.45) is 5.29. The number of benzene rings is 2. The SMILES string of the molecule is COC(=O)Cn1c(=O)[nH]c2nc(C3CCCCC3)n(Cc3ccc(-c4ccccc4-c4nnn[nH]4)cc3)c2c1=O. The van der Waals surface area contributed by atoms with Crippen molar-refractivity contribution in [1.29, 1.82) is 0 Å². The Labute approximate surface area is 228 Å². The van der Waals surface area contributed by atoms with Gasteiger partial charge in [0.1, 0.15) is 12.4 Å². The van der Waals surface area contributed by atoms with Crippen LogP contribution < -0.4 is 11.2 Å². The molecule has 6 rings (SSSR count). The van der Waals surface area contributed by atoms with Crippen LogP contribution >= 0.6 is 0 Å². The van der Waals surface area contributed by atoms with Gasteiger partial charge in [-0.1, -0.05) is 67.8 Å². The highest BCUT2D eigenvalue weighted by Crippen LogP contribution is 2.34. The molecule has 0 unspecified atom stereocenters. The van der Waals surface area contributed by atoms with E-state index in [0.717, 1.165) is 58.3 Å². The van der Waals surface area contributed by atoms with Crippen LogP contribution in [0.15, 0.2) is 58.1 Å². The zero-order chi connectivity index (χ0) is 27.6. The van der Waals surface area contributed by atoms with Crippen LogP contribution in [0.2, 0.25) is 0 Å². The first-order chi connectivity index (χ1) is 19.5. The quantitative estimate of drug-likeness (QED) is 0.299. The van der Waals surface area contributed by atoms with Crippen LogP contribution in [0, 0.1) is 0 Å². The normalized spacial score (nSPS) is 14.0. The minimum atomic E-state index is -0.687. The maximum atomic E-state index is 13.6. The summed E-state index contributed by atoms with van der Waals surface area (Å²) in [5.41, 5.74) is 3.08. The second-order valence-electron chi connectivity index (χ2n) is 9.98. The molecular formula is C28H28N8O4. The molecule has 3 aromatic heterocycles. The number of nitrogens with one attached hydrogen (secondary N) is 2. The fourth-order valence-electron chi connectivity index (χ4n) is 5.52. The van der Waals surface area contributed by atoms with E-state index in [9.17, 15) is 14.4 Å². The van der Waals surface area contributed by atoms with Gasteiger partial charge in [-0.3, -0.25) is 14.6 Å². The number of hydrogen-bond donors (Lipinski definition) is 2. The number of tetrazole rings is 1. The molecule has 204 valence electrons. The molecule has 0 spiro atoms. The summed E-state index contributed by atoms with van der Waals surface area (Å²) in [5.74, 6) is 0.867. The summed E-state index contributed by atoms with van der Waals surface area (Å²) < 4.78 is 7.47. The molecule has 2 N–H and O–H groups in total. The van der Waals surface area contributed by atoms with Crippen molar-refractivity contribution in [3.63, 3.8) is 0 Å². The molecule has 0 saturated heterocycles. The van der Waals surface area contributed by atoms with Crippen LogP contribution in [0.5, 0.6) is 0 Å². The molecule has 1 saturated carbocycles. The molecule has 0 radical (unpaired) electrons. The van der Waals surface area contributed by atoms with Crippen molar-refractivity contribution in [2.24, 2.45) is 0 Å². The lowest BCUT2D eigenvalue weighted by atomic mass is 9.88. The number of esters is 1. The second kappa shape index (κ2) is 10.7. The molecular weight excluding hydrogens is 512 g/mol. The molecule has 12 heteroatoms. The number of fused-ring (bicyclic) bond motifs is 1. The van der Waals surface area contributed by atoms with Crippen molar-refractivity contribution in [2.75, 3.05) is 7.11 Å². The van der Waals surface area contributed by atoms with Gasteiger partial charge in [0.25, 0.3) is 5.56 Å². The van der Waals surface area contributed by atoms with Crippen molar-refractivity contribution in [3.05, 3.63) is 80.8 Å². The summed E-state index contributed by atoms with van der Waals surface area (Å²) in [6.45, 7) is -0.0881. The molecule has 1 fully saturated rings. The zero-order valence-electron chi connectivity index (χ0n) is 22.0. The molecule has 0 bridgehead atoms. The maximum Gasteiger partial charge on any atom is 0.330 e. The number of imidazole rings is 1. The molecule has 0 atom stereocenters. The average molecular weight is 541 g/mol. The molecule has 1 aliphatic rings. The summed E-state index contributed by atoms with van der Waals surface area (Å²) in [5, 5.41) is 14.3.